The van der Waals surface area contributed by atoms with Crippen LogP contribution in [0.25, 0.3) is 0 Å². The first-order valence-electron chi connectivity index (χ1n) is 5.13. The third kappa shape index (κ3) is 2.82. The summed E-state index contributed by atoms with van der Waals surface area (Å²) < 4.78 is 25.5. The highest BCUT2D eigenvalue weighted by Crippen LogP contribution is 2.25. The van der Waals surface area contributed by atoms with E-state index in [4.69, 9.17) is 22.0 Å². The Labute approximate surface area is 111 Å². The van der Waals surface area contributed by atoms with Crippen LogP contribution in [0.15, 0.2) is 23.1 Å². The van der Waals surface area contributed by atoms with Gasteiger partial charge in [-0.1, -0.05) is 11.6 Å². The van der Waals surface area contributed by atoms with Crippen molar-refractivity contribution in [2.24, 2.45) is 0 Å². The fourth-order valence-corrected chi connectivity index (χ4v) is 3.13. The van der Waals surface area contributed by atoms with Gasteiger partial charge in [0.1, 0.15) is 4.90 Å². The number of likely N-dealkylation sites (N-methyl/N-ethyl adjacent to an activating group) is 1. The molecule has 98 valence electrons. The minimum Gasteiger partial charge on any atom is -0.395 e. The molecule has 0 aromatic heterocycles. The van der Waals surface area contributed by atoms with Crippen LogP contribution in [0.5, 0.6) is 0 Å². The molecule has 0 aliphatic rings. The predicted molar refractivity (Wildman–Crippen MR) is 67.7 cm³/mol. The molecule has 0 saturated carbocycles. The van der Waals surface area contributed by atoms with Gasteiger partial charge in [0.15, 0.2) is 0 Å². The van der Waals surface area contributed by atoms with Crippen molar-refractivity contribution in [1.29, 1.82) is 5.26 Å². The van der Waals surface area contributed by atoms with Crippen molar-refractivity contribution in [2.45, 2.75) is 17.9 Å². The number of aliphatic hydroxyl groups is 1. The normalized spacial score (nSPS) is 13.3. The molecular weight excluding hydrogens is 276 g/mol. The lowest BCUT2D eigenvalue weighted by Crippen LogP contribution is -2.37. The molecule has 0 radical (unpaired) electrons. The second-order valence-electron chi connectivity index (χ2n) is 3.81. The molecule has 0 amide bonds. The molecule has 1 aromatic carbocycles. The van der Waals surface area contributed by atoms with Gasteiger partial charge in [0.2, 0.25) is 10.0 Å². The molecule has 0 aliphatic heterocycles. The molecule has 0 bridgehead atoms. The van der Waals surface area contributed by atoms with Gasteiger partial charge < -0.3 is 5.11 Å². The predicted octanol–water partition coefficient (Wildman–Crippen LogP) is 1.21. The Morgan fingerprint density at radius 2 is 2.17 bits per heavy atom. The van der Waals surface area contributed by atoms with Gasteiger partial charge in [-0.3, -0.25) is 0 Å². The fraction of sp³-hybridized carbons (Fsp3) is 0.364. The minimum atomic E-state index is -3.82. The van der Waals surface area contributed by atoms with E-state index in [1.807, 2.05) is 6.07 Å². The highest BCUT2D eigenvalue weighted by molar-refractivity contribution is 7.89. The highest BCUT2D eigenvalue weighted by Gasteiger charge is 2.27. The maximum atomic E-state index is 12.2. The summed E-state index contributed by atoms with van der Waals surface area (Å²) in [5, 5.41) is 17.8. The zero-order valence-corrected chi connectivity index (χ0v) is 11.5. The van der Waals surface area contributed by atoms with E-state index in [0.29, 0.717) is 0 Å². The van der Waals surface area contributed by atoms with Crippen LogP contribution >= 0.6 is 11.6 Å². The number of aliphatic hydroxyl groups excluding tert-OH is 1. The van der Waals surface area contributed by atoms with Crippen molar-refractivity contribution in [1.82, 2.24) is 4.31 Å². The van der Waals surface area contributed by atoms with Crippen LogP contribution in [0.1, 0.15) is 12.5 Å². The molecule has 1 rings (SSSR count). The van der Waals surface area contributed by atoms with Crippen molar-refractivity contribution in [3.05, 3.63) is 28.8 Å². The summed E-state index contributed by atoms with van der Waals surface area (Å²) in [6, 6.07) is 5.31. The number of benzene rings is 1. The van der Waals surface area contributed by atoms with Gasteiger partial charge in [0.25, 0.3) is 0 Å². The van der Waals surface area contributed by atoms with Crippen LogP contribution in [0, 0.1) is 11.3 Å². The lowest BCUT2D eigenvalue weighted by molar-refractivity contribution is 0.214. The second-order valence-corrected chi connectivity index (χ2v) is 6.18. The van der Waals surface area contributed by atoms with Gasteiger partial charge in [-0.05, 0) is 25.1 Å². The SMILES string of the molecule is CC(CO)N(C)S(=O)(=O)c1cc(C#N)ccc1Cl. The minimum absolute atomic E-state index is 0.0472. The number of sulfonamides is 1. The summed E-state index contributed by atoms with van der Waals surface area (Å²) in [6.07, 6.45) is 0. The van der Waals surface area contributed by atoms with Crippen molar-refractivity contribution in [3.8, 4) is 6.07 Å². The summed E-state index contributed by atoms with van der Waals surface area (Å²) in [4.78, 5) is -0.133. The van der Waals surface area contributed by atoms with E-state index in [1.165, 1.54) is 25.2 Å². The van der Waals surface area contributed by atoms with Crippen LogP contribution in [-0.4, -0.2) is 37.5 Å². The largest absolute Gasteiger partial charge is 0.395 e. The lowest BCUT2D eigenvalue weighted by Gasteiger charge is -2.23. The van der Waals surface area contributed by atoms with E-state index in [-0.39, 0.29) is 22.1 Å². The van der Waals surface area contributed by atoms with E-state index < -0.39 is 16.1 Å². The Morgan fingerprint density at radius 3 is 2.67 bits per heavy atom. The molecule has 0 heterocycles. The summed E-state index contributed by atoms with van der Waals surface area (Å²) in [7, 11) is -2.47. The van der Waals surface area contributed by atoms with Crippen LogP contribution in [0.2, 0.25) is 5.02 Å². The first kappa shape index (κ1) is 14.9. The average molecular weight is 289 g/mol. The van der Waals surface area contributed by atoms with Crippen LogP contribution in [0.3, 0.4) is 0 Å². The van der Waals surface area contributed by atoms with Crippen molar-refractivity contribution >= 4 is 21.6 Å². The molecule has 0 spiro atoms. The molecule has 0 saturated heterocycles. The number of hydrogen-bond donors (Lipinski definition) is 1. The summed E-state index contributed by atoms with van der Waals surface area (Å²) in [5.74, 6) is 0. The van der Waals surface area contributed by atoms with Gasteiger partial charge >= 0.3 is 0 Å². The third-order valence-corrected chi connectivity index (χ3v) is 5.06. The summed E-state index contributed by atoms with van der Waals surface area (Å²) >= 11 is 5.85. The molecule has 18 heavy (non-hydrogen) atoms. The number of nitrogens with zero attached hydrogens (tertiary/aromatic N) is 2. The monoisotopic (exact) mass is 288 g/mol. The van der Waals surface area contributed by atoms with Crippen LogP contribution in [0.4, 0.5) is 0 Å². The molecule has 5 nitrogen and oxygen atoms in total. The Hall–Kier alpha value is -1.13. The molecular formula is C11H13ClN2O3S. The quantitative estimate of drug-likeness (QED) is 0.903. The fourth-order valence-electron chi connectivity index (χ4n) is 1.28. The van der Waals surface area contributed by atoms with Crippen molar-refractivity contribution in [3.63, 3.8) is 0 Å². The topological polar surface area (TPSA) is 81.4 Å². The van der Waals surface area contributed by atoms with Crippen LogP contribution in [-0.2, 0) is 10.0 Å². The van der Waals surface area contributed by atoms with E-state index in [1.54, 1.807) is 6.92 Å². The zero-order chi connectivity index (χ0) is 13.9. The first-order chi connectivity index (χ1) is 8.34. The zero-order valence-electron chi connectivity index (χ0n) is 9.96. The van der Waals surface area contributed by atoms with E-state index >= 15 is 0 Å². The number of halogens is 1. The number of nitriles is 1. The van der Waals surface area contributed by atoms with Gasteiger partial charge in [0.05, 0.1) is 23.3 Å². The van der Waals surface area contributed by atoms with E-state index in [2.05, 4.69) is 0 Å². The molecule has 7 heteroatoms. The lowest BCUT2D eigenvalue weighted by atomic mass is 10.2. The summed E-state index contributed by atoms with van der Waals surface area (Å²) in [6.45, 7) is 1.27. The average Bonchev–Trinajstić information content (AvgIpc) is 2.37. The molecule has 1 N–H and O–H groups in total. The summed E-state index contributed by atoms with van der Waals surface area (Å²) in [5.41, 5.74) is 0.211. The first-order valence-corrected chi connectivity index (χ1v) is 6.95. The molecule has 0 fully saturated rings. The molecule has 1 aromatic rings. The van der Waals surface area contributed by atoms with Crippen molar-refractivity contribution in [2.75, 3.05) is 13.7 Å². The molecule has 1 atom stereocenters. The Bertz CT molecular complexity index is 580. The van der Waals surface area contributed by atoms with Crippen molar-refractivity contribution < 1.29 is 13.5 Å². The van der Waals surface area contributed by atoms with Gasteiger partial charge in [0, 0.05) is 13.1 Å². The van der Waals surface area contributed by atoms with Gasteiger partial charge in [-0.2, -0.15) is 9.57 Å². The van der Waals surface area contributed by atoms with Gasteiger partial charge in [-0.25, -0.2) is 8.42 Å². The maximum absolute atomic E-state index is 12.2. The Morgan fingerprint density at radius 1 is 1.56 bits per heavy atom. The number of rotatable bonds is 4. The smallest absolute Gasteiger partial charge is 0.244 e. The van der Waals surface area contributed by atoms with E-state index in [0.717, 1.165) is 4.31 Å². The molecule has 0 aliphatic carbocycles. The Balaban J connectivity index is 3.33. The van der Waals surface area contributed by atoms with E-state index in [9.17, 15) is 8.42 Å². The standard InChI is InChI=1S/C11H13ClN2O3S/c1-8(7-15)14(2)18(16,17)11-5-9(6-13)3-4-10(11)12/h3-5,8,15H,7H2,1-2H3. The van der Waals surface area contributed by atoms with Gasteiger partial charge in [-0.15, -0.1) is 0 Å². The Kier molecular flexibility index (Phi) is 4.71. The third-order valence-electron chi connectivity index (χ3n) is 2.60. The second kappa shape index (κ2) is 5.67. The van der Waals surface area contributed by atoms with Crippen LogP contribution < -0.4 is 0 Å². The maximum Gasteiger partial charge on any atom is 0.244 e. The molecule has 1 unspecified atom stereocenters. The number of hydrogen-bond acceptors (Lipinski definition) is 4. The highest BCUT2D eigenvalue weighted by atomic mass is 35.5.